The van der Waals surface area contributed by atoms with E-state index in [9.17, 15) is 4.79 Å². The molecular weight excluding hydrogens is 430 g/mol. The Morgan fingerprint density at radius 2 is 1.90 bits per heavy atom. The summed E-state index contributed by atoms with van der Waals surface area (Å²) in [5.41, 5.74) is 3.79. The van der Waals surface area contributed by atoms with Gasteiger partial charge in [0.05, 0.1) is 11.4 Å². The third-order valence-corrected chi connectivity index (χ3v) is 5.88. The molecule has 0 atom stereocenters. The number of aryl methyl sites for hydroxylation is 1. The number of thioether (sulfide) groups is 1. The number of anilines is 1. The number of carbonyl (C=O) groups excluding carboxylic acids is 1. The van der Waals surface area contributed by atoms with Crippen molar-refractivity contribution in [3.63, 3.8) is 0 Å². The van der Waals surface area contributed by atoms with Gasteiger partial charge in [-0.1, -0.05) is 47.6 Å². The van der Waals surface area contributed by atoms with E-state index in [0.29, 0.717) is 15.9 Å². The summed E-state index contributed by atoms with van der Waals surface area (Å²) in [6.45, 7) is 2.01. The largest absolute Gasteiger partial charge is 0.315 e. The minimum Gasteiger partial charge on any atom is -0.315 e. The van der Waals surface area contributed by atoms with Gasteiger partial charge in [-0.2, -0.15) is 0 Å². The van der Waals surface area contributed by atoms with Gasteiger partial charge in [-0.25, -0.2) is 4.98 Å². The van der Waals surface area contributed by atoms with Crippen molar-refractivity contribution in [2.75, 3.05) is 17.7 Å². The predicted molar refractivity (Wildman–Crippen MR) is 125 cm³/mol. The smallest absolute Gasteiger partial charge is 0.237 e. The Bertz CT molecular complexity index is 1190. The highest BCUT2D eigenvalue weighted by atomic mass is 35.5. The van der Waals surface area contributed by atoms with Gasteiger partial charge < -0.3 is 4.90 Å². The van der Waals surface area contributed by atoms with Crippen molar-refractivity contribution in [2.24, 2.45) is 0 Å². The zero-order chi connectivity index (χ0) is 21.8. The predicted octanol–water partition coefficient (Wildman–Crippen LogP) is 5.05. The van der Waals surface area contributed by atoms with Crippen LogP contribution in [0.25, 0.3) is 17.1 Å². The van der Waals surface area contributed by atoms with Gasteiger partial charge in [0, 0.05) is 29.5 Å². The lowest BCUT2D eigenvalue weighted by molar-refractivity contribution is -0.115. The fourth-order valence-electron chi connectivity index (χ4n) is 2.96. The second-order valence-electron chi connectivity index (χ2n) is 6.98. The zero-order valence-corrected chi connectivity index (χ0v) is 18.6. The molecule has 1 amide bonds. The van der Waals surface area contributed by atoms with Crippen molar-refractivity contribution in [2.45, 2.75) is 11.9 Å². The molecule has 0 radical (unpaired) electrons. The number of aromatic nitrogens is 4. The fourth-order valence-corrected chi connectivity index (χ4v) is 3.81. The van der Waals surface area contributed by atoms with Crippen LogP contribution in [-0.2, 0) is 4.79 Å². The Kier molecular flexibility index (Phi) is 6.34. The molecule has 0 saturated carbocycles. The molecule has 4 aromatic rings. The molecule has 0 bridgehead atoms. The van der Waals surface area contributed by atoms with Crippen molar-refractivity contribution in [1.29, 1.82) is 0 Å². The number of hydrogen-bond acceptors (Lipinski definition) is 5. The molecule has 8 heteroatoms. The van der Waals surface area contributed by atoms with Gasteiger partial charge in [-0.05, 0) is 48.9 Å². The maximum absolute atomic E-state index is 12.5. The van der Waals surface area contributed by atoms with Crippen LogP contribution in [0.4, 0.5) is 5.69 Å². The van der Waals surface area contributed by atoms with Crippen LogP contribution in [0.2, 0.25) is 5.02 Å². The van der Waals surface area contributed by atoms with Crippen LogP contribution in [-0.4, -0.2) is 38.5 Å². The molecule has 4 rings (SSSR count). The van der Waals surface area contributed by atoms with Crippen LogP contribution >= 0.6 is 23.4 Å². The van der Waals surface area contributed by atoms with E-state index in [0.717, 1.165) is 22.5 Å². The molecule has 0 aliphatic heterocycles. The van der Waals surface area contributed by atoms with E-state index in [1.54, 1.807) is 18.3 Å². The Morgan fingerprint density at radius 3 is 2.61 bits per heavy atom. The van der Waals surface area contributed by atoms with Crippen molar-refractivity contribution >= 4 is 35.0 Å². The van der Waals surface area contributed by atoms with Crippen LogP contribution in [0.3, 0.4) is 0 Å². The number of amides is 1. The molecule has 0 unspecified atom stereocenters. The fraction of sp³-hybridized carbons (Fsp3) is 0.130. The van der Waals surface area contributed by atoms with Gasteiger partial charge in [-0.3, -0.25) is 9.36 Å². The number of halogens is 1. The maximum Gasteiger partial charge on any atom is 0.237 e. The molecule has 2 heterocycles. The Hall–Kier alpha value is -3.16. The number of carbonyl (C=O) groups is 1. The quantitative estimate of drug-likeness (QED) is 0.385. The molecule has 0 spiro atoms. The van der Waals surface area contributed by atoms with Gasteiger partial charge in [0.15, 0.2) is 5.82 Å². The van der Waals surface area contributed by atoms with Gasteiger partial charge in [0.2, 0.25) is 5.91 Å². The Labute approximate surface area is 189 Å². The van der Waals surface area contributed by atoms with E-state index in [1.807, 2.05) is 78.4 Å². The summed E-state index contributed by atoms with van der Waals surface area (Å²) >= 11 is 7.31. The first-order valence-electron chi connectivity index (χ1n) is 9.60. The number of hydrogen-bond donors (Lipinski definition) is 0. The molecule has 6 nitrogen and oxygen atoms in total. The second-order valence-corrected chi connectivity index (χ2v) is 8.42. The molecule has 2 aromatic carbocycles. The van der Waals surface area contributed by atoms with Crippen molar-refractivity contribution in [3.05, 3.63) is 83.8 Å². The summed E-state index contributed by atoms with van der Waals surface area (Å²) in [6, 6.07) is 19.1. The molecular formula is C23H20ClN5OS. The van der Waals surface area contributed by atoms with Crippen molar-refractivity contribution in [1.82, 2.24) is 19.7 Å². The average Bonchev–Trinajstić information content (AvgIpc) is 3.28. The first-order chi connectivity index (χ1) is 15.0. The molecule has 2 aromatic heterocycles. The lowest BCUT2D eigenvalue weighted by Crippen LogP contribution is -2.27. The summed E-state index contributed by atoms with van der Waals surface area (Å²) in [5.74, 6) is 0.938. The summed E-state index contributed by atoms with van der Waals surface area (Å²) in [6.07, 6.45) is 3.58. The Morgan fingerprint density at radius 1 is 1.10 bits per heavy atom. The van der Waals surface area contributed by atoms with E-state index in [4.69, 9.17) is 11.6 Å². The third-order valence-electron chi connectivity index (χ3n) is 4.72. The first-order valence-corrected chi connectivity index (χ1v) is 11.0. The highest BCUT2D eigenvalue weighted by Gasteiger charge is 2.12. The average molecular weight is 450 g/mol. The topological polar surface area (TPSA) is 63.9 Å². The molecule has 0 N–H and O–H groups in total. The van der Waals surface area contributed by atoms with Gasteiger partial charge in [-0.15, -0.1) is 10.2 Å². The van der Waals surface area contributed by atoms with Crippen molar-refractivity contribution < 1.29 is 4.79 Å². The molecule has 0 aliphatic rings. The van der Waals surface area contributed by atoms with Crippen LogP contribution in [0.5, 0.6) is 0 Å². The van der Waals surface area contributed by atoms with Gasteiger partial charge in [0.1, 0.15) is 11.4 Å². The van der Waals surface area contributed by atoms with Gasteiger partial charge in [0.25, 0.3) is 0 Å². The van der Waals surface area contributed by atoms with E-state index < -0.39 is 0 Å². The molecule has 0 saturated heterocycles. The third kappa shape index (κ3) is 5.13. The molecule has 31 heavy (non-hydrogen) atoms. The van der Waals surface area contributed by atoms with E-state index in [1.165, 1.54) is 11.8 Å². The lowest BCUT2D eigenvalue weighted by Gasteiger charge is -2.17. The molecule has 0 fully saturated rings. The zero-order valence-electron chi connectivity index (χ0n) is 17.1. The molecule has 0 aliphatic carbocycles. The monoisotopic (exact) mass is 449 g/mol. The standard InChI is InChI=1S/C23H20ClN5OS/c1-16-4-3-5-19(12-16)28(2)23(30)14-31-22-11-10-21(26-27-22)29-13-20(25-15-29)17-6-8-18(24)9-7-17/h3-13,15H,14H2,1-2H3. The number of nitrogens with zero attached hydrogens (tertiary/aromatic N) is 5. The highest BCUT2D eigenvalue weighted by Crippen LogP contribution is 2.22. The Balaban J connectivity index is 1.38. The number of rotatable bonds is 6. The van der Waals surface area contributed by atoms with Crippen LogP contribution < -0.4 is 4.90 Å². The number of benzene rings is 2. The summed E-state index contributed by atoms with van der Waals surface area (Å²) in [5, 5.41) is 9.89. The van der Waals surface area contributed by atoms with Crippen LogP contribution in [0.15, 0.2) is 78.2 Å². The summed E-state index contributed by atoms with van der Waals surface area (Å²) in [7, 11) is 1.78. The van der Waals surface area contributed by atoms with Crippen LogP contribution in [0.1, 0.15) is 5.56 Å². The second kappa shape index (κ2) is 9.32. The van der Waals surface area contributed by atoms with Crippen LogP contribution in [0, 0.1) is 6.92 Å². The summed E-state index contributed by atoms with van der Waals surface area (Å²) < 4.78 is 1.81. The normalized spacial score (nSPS) is 10.8. The highest BCUT2D eigenvalue weighted by molar-refractivity contribution is 7.99. The molecule has 156 valence electrons. The summed E-state index contributed by atoms with van der Waals surface area (Å²) in [4.78, 5) is 18.6. The maximum atomic E-state index is 12.5. The first kappa shape index (κ1) is 21.1. The van der Waals surface area contributed by atoms with Gasteiger partial charge >= 0.3 is 0 Å². The van der Waals surface area contributed by atoms with Crippen molar-refractivity contribution in [3.8, 4) is 17.1 Å². The van der Waals surface area contributed by atoms with E-state index in [-0.39, 0.29) is 11.7 Å². The van der Waals surface area contributed by atoms with E-state index in [2.05, 4.69) is 15.2 Å². The number of imidazole rings is 1. The SMILES string of the molecule is Cc1cccc(N(C)C(=O)CSc2ccc(-n3cnc(-c4ccc(Cl)cc4)c3)nn2)c1. The minimum absolute atomic E-state index is 0.00342. The van der Waals surface area contributed by atoms with E-state index >= 15 is 0 Å². The minimum atomic E-state index is 0.00342. The lowest BCUT2D eigenvalue weighted by atomic mass is 10.2.